The van der Waals surface area contributed by atoms with Crippen LogP contribution in [-0.4, -0.2) is 47.8 Å². The molecule has 0 N–H and O–H groups in total. The highest BCUT2D eigenvalue weighted by Crippen LogP contribution is 2.41. The Kier molecular flexibility index (Phi) is 6.05. The number of hydrogen-bond donors (Lipinski definition) is 0. The molecule has 1 heterocycles. The van der Waals surface area contributed by atoms with Crippen molar-refractivity contribution in [1.29, 1.82) is 0 Å². The molecular weight excluding hydrogens is 382 g/mol. The summed E-state index contributed by atoms with van der Waals surface area (Å²) in [5.41, 5.74) is 1.46. The Hall–Kier alpha value is -3.20. The maximum absolute atomic E-state index is 10.9. The first-order chi connectivity index (χ1) is 13.6. The molecule has 3 aromatic rings. The van der Waals surface area contributed by atoms with Gasteiger partial charge >= 0.3 is 0 Å². The van der Waals surface area contributed by atoms with E-state index in [0.717, 1.165) is 17.4 Å². The van der Waals surface area contributed by atoms with Crippen molar-refractivity contribution in [1.82, 2.24) is 14.8 Å². The summed E-state index contributed by atoms with van der Waals surface area (Å²) in [6, 6.07) is 12.9. The van der Waals surface area contributed by atoms with Gasteiger partial charge in [-0.1, -0.05) is 30.0 Å². The number of carbonyl (C=O) groups is 1. The molecule has 0 unspecified atom stereocenters. The van der Waals surface area contributed by atoms with Crippen LogP contribution in [0.5, 0.6) is 17.2 Å². The van der Waals surface area contributed by atoms with Gasteiger partial charge in [0.25, 0.3) is 0 Å². The molecule has 0 fully saturated rings. The molecule has 0 radical (unpaired) electrons. The number of carbonyl (C=O) groups excluding carboxylic acids is 1. The summed E-state index contributed by atoms with van der Waals surface area (Å²) in [6.07, 6.45) is 0. The second-order valence-corrected chi connectivity index (χ2v) is 6.49. The average Bonchev–Trinajstić information content (AvgIpc) is 3.15. The quantitative estimate of drug-likeness (QED) is 0.528. The predicted octanol–water partition coefficient (Wildman–Crippen LogP) is 1.80. The number of aromatic nitrogens is 3. The van der Waals surface area contributed by atoms with Crippen LogP contribution in [0.15, 0.2) is 47.6 Å². The van der Waals surface area contributed by atoms with Crippen molar-refractivity contribution < 1.29 is 24.1 Å². The fourth-order valence-electron chi connectivity index (χ4n) is 2.69. The third-order valence-electron chi connectivity index (χ3n) is 3.89. The third kappa shape index (κ3) is 3.89. The van der Waals surface area contributed by atoms with Gasteiger partial charge in [0.15, 0.2) is 22.5 Å². The Balaban J connectivity index is 2.18. The SMILES string of the molecule is COc1cc(-c2nnc(SCC(=O)[O-])n2-c2ccccc2)cc(OC)c1OC. The van der Waals surface area contributed by atoms with E-state index in [4.69, 9.17) is 14.2 Å². The van der Waals surface area contributed by atoms with E-state index in [0.29, 0.717) is 33.8 Å². The minimum Gasteiger partial charge on any atom is -0.549 e. The lowest BCUT2D eigenvalue weighted by Crippen LogP contribution is -2.24. The van der Waals surface area contributed by atoms with Crippen molar-refractivity contribution >= 4 is 17.7 Å². The molecule has 0 saturated heterocycles. The Morgan fingerprint density at radius 2 is 1.68 bits per heavy atom. The highest BCUT2D eigenvalue weighted by atomic mass is 32.2. The van der Waals surface area contributed by atoms with Gasteiger partial charge in [-0.15, -0.1) is 10.2 Å². The van der Waals surface area contributed by atoms with Crippen LogP contribution in [0.2, 0.25) is 0 Å². The van der Waals surface area contributed by atoms with Gasteiger partial charge in [0.1, 0.15) is 0 Å². The van der Waals surface area contributed by atoms with Gasteiger partial charge in [0.05, 0.1) is 27.3 Å². The molecule has 0 aliphatic carbocycles. The second-order valence-electron chi connectivity index (χ2n) is 5.55. The lowest BCUT2D eigenvalue weighted by atomic mass is 10.1. The summed E-state index contributed by atoms with van der Waals surface area (Å²) >= 11 is 1.03. The zero-order valence-electron chi connectivity index (χ0n) is 15.5. The Morgan fingerprint density at radius 3 is 2.21 bits per heavy atom. The number of benzene rings is 2. The maximum Gasteiger partial charge on any atom is 0.203 e. The highest BCUT2D eigenvalue weighted by molar-refractivity contribution is 7.99. The fourth-order valence-corrected chi connectivity index (χ4v) is 3.36. The molecular formula is C19H18N3O5S-. The molecule has 0 atom stereocenters. The Morgan fingerprint density at radius 1 is 1.04 bits per heavy atom. The van der Waals surface area contributed by atoms with E-state index >= 15 is 0 Å². The van der Waals surface area contributed by atoms with Crippen molar-refractivity contribution in [3.8, 4) is 34.3 Å². The monoisotopic (exact) mass is 400 g/mol. The number of carboxylic acid groups (broad SMARTS) is 1. The molecule has 0 aliphatic rings. The van der Waals surface area contributed by atoms with Crippen LogP contribution in [0.3, 0.4) is 0 Å². The summed E-state index contributed by atoms with van der Waals surface area (Å²) in [4.78, 5) is 10.9. The van der Waals surface area contributed by atoms with E-state index in [1.807, 2.05) is 30.3 Å². The molecule has 0 aliphatic heterocycles. The summed E-state index contributed by atoms with van der Waals surface area (Å²) < 4.78 is 18.0. The minimum atomic E-state index is -1.18. The molecule has 1 aromatic heterocycles. The van der Waals surface area contributed by atoms with Crippen molar-refractivity contribution in [2.75, 3.05) is 27.1 Å². The van der Waals surface area contributed by atoms with E-state index < -0.39 is 5.97 Å². The molecule has 3 rings (SSSR count). The first kappa shape index (κ1) is 19.6. The summed E-state index contributed by atoms with van der Waals surface area (Å²) in [5.74, 6) is 0.506. The first-order valence-electron chi connectivity index (χ1n) is 8.23. The number of methoxy groups -OCH3 is 3. The zero-order chi connectivity index (χ0) is 20.1. The lowest BCUT2D eigenvalue weighted by Gasteiger charge is -2.15. The maximum atomic E-state index is 10.9. The van der Waals surface area contributed by atoms with Crippen molar-refractivity contribution in [2.45, 2.75) is 5.16 Å². The number of nitrogens with zero attached hydrogens (tertiary/aromatic N) is 3. The molecule has 146 valence electrons. The van der Waals surface area contributed by atoms with Crippen molar-refractivity contribution in [3.63, 3.8) is 0 Å². The van der Waals surface area contributed by atoms with Crippen molar-refractivity contribution in [2.24, 2.45) is 0 Å². The van der Waals surface area contributed by atoms with Gasteiger partial charge in [-0.05, 0) is 24.3 Å². The number of carboxylic acids is 1. The molecule has 0 bridgehead atoms. The van der Waals surface area contributed by atoms with Gasteiger partial charge in [0, 0.05) is 17.0 Å². The van der Waals surface area contributed by atoms with Crippen LogP contribution >= 0.6 is 11.8 Å². The highest BCUT2D eigenvalue weighted by Gasteiger charge is 2.20. The summed E-state index contributed by atoms with van der Waals surface area (Å²) in [6.45, 7) is 0. The smallest absolute Gasteiger partial charge is 0.203 e. The van der Waals surface area contributed by atoms with Gasteiger partial charge in [0.2, 0.25) is 5.75 Å². The molecule has 0 spiro atoms. The lowest BCUT2D eigenvalue weighted by molar-refractivity contribution is -0.301. The molecule has 2 aromatic carbocycles. The van der Waals surface area contributed by atoms with Crippen LogP contribution in [0.4, 0.5) is 0 Å². The van der Waals surface area contributed by atoms with Gasteiger partial charge in [-0.2, -0.15) is 0 Å². The number of para-hydroxylation sites is 1. The van der Waals surface area contributed by atoms with Gasteiger partial charge in [-0.3, -0.25) is 4.57 Å². The number of rotatable bonds is 8. The topological polar surface area (TPSA) is 98.5 Å². The Bertz CT molecular complexity index is 950. The number of ether oxygens (including phenoxy) is 3. The summed E-state index contributed by atoms with van der Waals surface area (Å²) in [5, 5.41) is 19.8. The van der Waals surface area contributed by atoms with Crippen LogP contribution in [0.1, 0.15) is 0 Å². The fraction of sp³-hybridized carbons (Fsp3) is 0.211. The minimum absolute atomic E-state index is 0.236. The summed E-state index contributed by atoms with van der Waals surface area (Å²) in [7, 11) is 4.59. The standard InChI is InChI=1S/C19H19N3O5S/c1-25-14-9-12(10-15(26-2)17(14)27-3)18-20-21-19(28-11-16(23)24)22(18)13-7-5-4-6-8-13/h4-10H,11H2,1-3H3,(H,23,24)/p-1. The van der Waals surface area contributed by atoms with Crippen LogP contribution in [-0.2, 0) is 4.79 Å². The van der Waals surface area contributed by atoms with Crippen LogP contribution < -0.4 is 19.3 Å². The Labute approximate surface area is 166 Å². The molecule has 8 nitrogen and oxygen atoms in total. The third-order valence-corrected chi connectivity index (χ3v) is 4.79. The van der Waals surface area contributed by atoms with E-state index in [9.17, 15) is 9.90 Å². The number of hydrogen-bond acceptors (Lipinski definition) is 8. The molecule has 0 saturated carbocycles. The van der Waals surface area contributed by atoms with E-state index in [2.05, 4.69) is 10.2 Å². The largest absolute Gasteiger partial charge is 0.549 e. The number of thioether (sulfide) groups is 1. The normalized spacial score (nSPS) is 10.5. The van der Waals surface area contributed by atoms with E-state index in [-0.39, 0.29) is 5.75 Å². The van der Waals surface area contributed by atoms with E-state index in [1.54, 1.807) is 16.7 Å². The predicted molar refractivity (Wildman–Crippen MR) is 102 cm³/mol. The van der Waals surface area contributed by atoms with Crippen LogP contribution in [0.25, 0.3) is 17.1 Å². The van der Waals surface area contributed by atoms with E-state index in [1.165, 1.54) is 21.3 Å². The molecule has 0 amide bonds. The van der Waals surface area contributed by atoms with Crippen molar-refractivity contribution in [3.05, 3.63) is 42.5 Å². The number of aliphatic carboxylic acids is 1. The molecule has 9 heteroatoms. The van der Waals surface area contributed by atoms with Gasteiger partial charge in [-0.25, -0.2) is 0 Å². The molecule has 28 heavy (non-hydrogen) atoms. The van der Waals surface area contributed by atoms with Crippen LogP contribution in [0, 0.1) is 0 Å². The average molecular weight is 400 g/mol. The second kappa shape index (κ2) is 8.66. The zero-order valence-corrected chi connectivity index (χ0v) is 16.4. The first-order valence-corrected chi connectivity index (χ1v) is 9.21. The van der Waals surface area contributed by atoms with Gasteiger partial charge < -0.3 is 24.1 Å².